The summed E-state index contributed by atoms with van der Waals surface area (Å²) < 4.78 is 5.53. The van der Waals surface area contributed by atoms with Gasteiger partial charge in [-0.05, 0) is 126 Å². The van der Waals surface area contributed by atoms with Crippen molar-refractivity contribution in [1.29, 1.82) is 10.5 Å². The third-order valence-electron chi connectivity index (χ3n) is 12.5. The lowest BCUT2D eigenvalue weighted by Gasteiger charge is -2.27. The maximum absolute atomic E-state index is 11.3. The molecule has 5 heteroatoms. The third kappa shape index (κ3) is 5.31. The molecule has 61 heavy (non-hydrogen) atoms. The molecule has 0 aliphatic carbocycles. The van der Waals surface area contributed by atoms with Gasteiger partial charge in [-0.25, -0.2) is 0 Å². The lowest BCUT2D eigenvalue weighted by molar-refractivity contribution is 0.415. The predicted molar refractivity (Wildman–Crippen MR) is 253 cm³/mol. The molecule has 0 aliphatic heterocycles. The van der Waals surface area contributed by atoms with Gasteiger partial charge in [0.2, 0.25) is 0 Å². The molecule has 0 heterocycles. The molecule has 0 saturated carbocycles. The zero-order valence-electron chi connectivity index (χ0n) is 34.2. The van der Waals surface area contributed by atoms with Crippen LogP contribution in [-0.2, 0) is 0 Å². The molecule has 0 unspecified atom stereocenters. The fourth-order valence-electron chi connectivity index (χ4n) is 9.72. The summed E-state index contributed by atoms with van der Waals surface area (Å²) in [4.78, 5) is 4.58. The molecule has 11 aromatic rings. The van der Waals surface area contributed by atoms with Gasteiger partial charge in [-0.1, -0.05) is 102 Å². The highest BCUT2D eigenvalue weighted by Crippen LogP contribution is 2.53. The van der Waals surface area contributed by atoms with E-state index < -0.39 is 0 Å². The van der Waals surface area contributed by atoms with Crippen molar-refractivity contribution in [1.82, 2.24) is 0 Å². The Hall–Kier alpha value is -8.12. The topological polar surface area (TPSA) is 63.3 Å². The first-order chi connectivity index (χ1) is 29.9. The Morgan fingerprint density at radius 1 is 0.361 bits per heavy atom. The Kier molecular flexibility index (Phi) is 8.11. The van der Waals surface area contributed by atoms with Gasteiger partial charge in [-0.2, -0.15) is 10.5 Å². The molecule has 11 aromatic carbocycles. The second-order valence-electron chi connectivity index (χ2n) is 16.1. The Morgan fingerprint density at radius 3 is 1.00 bits per heavy atom. The van der Waals surface area contributed by atoms with Gasteiger partial charge in [0.05, 0.1) is 29.6 Å². The number of methoxy groups -OCH3 is 1. The number of benzene rings is 9. The first-order valence-electron chi connectivity index (χ1n) is 20.5. The average Bonchev–Trinajstić information content (AvgIpc) is 3.81. The number of hydrogen-bond acceptors (Lipinski definition) is 5. The zero-order valence-corrected chi connectivity index (χ0v) is 34.2. The smallest absolute Gasteiger partial charge is 0.119 e. The van der Waals surface area contributed by atoms with Crippen LogP contribution in [0.5, 0.6) is 5.75 Å². The van der Waals surface area contributed by atoms with Crippen LogP contribution in [0, 0.1) is 43.4 Å². The summed E-state index contributed by atoms with van der Waals surface area (Å²) in [5.41, 5.74) is 10.9. The molecule has 0 spiro atoms. The van der Waals surface area contributed by atoms with Gasteiger partial charge in [-0.3, -0.25) is 0 Å². The van der Waals surface area contributed by atoms with Crippen LogP contribution in [0.3, 0.4) is 0 Å². The molecule has 0 amide bonds. The summed E-state index contributed by atoms with van der Waals surface area (Å²) in [5, 5.41) is 34.0. The van der Waals surface area contributed by atoms with E-state index in [4.69, 9.17) is 4.74 Å². The van der Waals surface area contributed by atoms with Crippen molar-refractivity contribution < 1.29 is 4.74 Å². The summed E-state index contributed by atoms with van der Waals surface area (Å²) in [5.74, 6) is 0.785. The molecule has 288 valence electrons. The van der Waals surface area contributed by atoms with E-state index in [0.29, 0.717) is 11.1 Å². The number of fused-ring (bicyclic) bond motifs is 6. The van der Waals surface area contributed by atoms with Gasteiger partial charge >= 0.3 is 0 Å². The van der Waals surface area contributed by atoms with Crippen LogP contribution in [0.4, 0.5) is 34.1 Å². The van der Waals surface area contributed by atoms with Crippen molar-refractivity contribution >= 4 is 98.8 Å². The fraction of sp³-hybridized carbons (Fsp3) is 0.0714. The maximum Gasteiger partial charge on any atom is 0.119 e. The zero-order chi connectivity index (χ0) is 41.5. The summed E-state index contributed by atoms with van der Waals surface area (Å²) in [7, 11) is 1.68. The number of nitriles is 2. The normalized spacial score (nSPS) is 11.6. The van der Waals surface area contributed by atoms with Gasteiger partial charge in [0.25, 0.3) is 0 Å². The van der Waals surface area contributed by atoms with E-state index in [1.54, 1.807) is 7.11 Å². The van der Waals surface area contributed by atoms with Gasteiger partial charge in [0, 0.05) is 55.1 Å². The highest BCUT2D eigenvalue weighted by Gasteiger charge is 2.29. The van der Waals surface area contributed by atoms with Crippen LogP contribution in [-0.4, -0.2) is 7.11 Å². The van der Waals surface area contributed by atoms with Crippen molar-refractivity contribution in [2.24, 2.45) is 0 Å². The maximum atomic E-state index is 11.3. The second-order valence-corrected chi connectivity index (χ2v) is 16.1. The number of nitrogens with zero attached hydrogens (tertiary/aromatic N) is 4. The summed E-state index contributed by atoms with van der Waals surface area (Å²) >= 11 is 0. The predicted octanol–water partition coefficient (Wildman–Crippen LogP) is 15.1. The van der Waals surface area contributed by atoms with Crippen molar-refractivity contribution in [3.8, 4) is 17.9 Å². The molecule has 0 fully saturated rings. The largest absolute Gasteiger partial charge is 0.497 e. The Balaban J connectivity index is 1.21. The molecule has 0 bridgehead atoms. The van der Waals surface area contributed by atoms with Crippen molar-refractivity contribution in [2.75, 3.05) is 16.9 Å². The quantitative estimate of drug-likeness (QED) is 0.161. The average molecular weight is 783 g/mol. The minimum absolute atomic E-state index is 0.596. The van der Waals surface area contributed by atoms with Crippen molar-refractivity contribution in [2.45, 2.75) is 20.8 Å². The van der Waals surface area contributed by atoms with Crippen LogP contribution in [0.15, 0.2) is 158 Å². The Morgan fingerprint density at radius 2 is 0.672 bits per heavy atom. The molecule has 0 atom stereocenters. The number of hydrogen-bond donors (Lipinski definition) is 0. The number of rotatable bonds is 7. The van der Waals surface area contributed by atoms with E-state index in [9.17, 15) is 10.5 Å². The lowest BCUT2D eigenvalue weighted by Crippen LogP contribution is -2.10. The molecule has 0 aromatic heterocycles. The summed E-state index contributed by atoms with van der Waals surface area (Å²) in [6, 6.07) is 60.7. The first kappa shape index (κ1) is 36.0. The monoisotopic (exact) mass is 782 g/mol. The minimum atomic E-state index is 0.596. The first-order valence-corrected chi connectivity index (χ1v) is 20.5. The molecule has 5 nitrogen and oxygen atoms in total. The highest BCUT2D eigenvalue weighted by molar-refractivity contribution is 6.42. The number of anilines is 6. The Bertz CT molecular complexity index is 3480. The van der Waals surface area contributed by atoms with E-state index in [1.165, 1.54) is 16.7 Å². The molecule has 0 saturated heterocycles. The van der Waals surface area contributed by atoms with Crippen molar-refractivity contribution in [3.05, 3.63) is 186 Å². The number of aryl methyl sites for hydroxylation is 3. The molecule has 0 N–H and O–H groups in total. The molecule has 0 radical (unpaired) electrons. The van der Waals surface area contributed by atoms with E-state index >= 15 is 0 Å². The molecular weight excluding hydrogens is 745 g/mol. The minimum Gasteiger partial charge on any atom is -0.497 e. The van der Waals surface area contributed by atoms with Crippen molar-refractivity contribution in [3.63, 3.8) is 0 Å². The van der Waals surface area contributed by atoms with Gasteiger partial charge in [-0.15, -0.1) is 0 Å². The number of ether oxygens (including phenoxy) is 1. The van der Waals surface area contributed by atoms with Crippen LogP contribution in [0.25, 0.3) is 64.6 Å². The standard InChI is InChI=1S/C56H38N4O/c1-33-11-17-36(18-12-33)59(37-19-13-34(2)14-20-37)49-29-27-45-51-41(49)7-5-9-43(51)53-47(31-57)54-44-10-6-8-42-50(30-28-46(52(42)44)56(54)48(32-58)55(45)53)60(38-21-15-35(3)16-22-38)39-23-25-40(61-4)26-24-39/h5-30H,1-4H3. The molecule has 11 rings (SSSR count). The fourth-order valence-corrected chi connectivity index (χ4v) is 9.72. The van der Waals surface area contributed by atoms with Gasteiger partial charge < -0.3 is 14.5 Å². The van der Waals surface area contributed by atoms with Crippen LogP contribution < -0.4 is 14.5 Å². The summed E-state index contributed by atoms with van der Waals surface area (Å²) in [6.07, 6.45) is 0. The lowest BCUT2D eigenvalue weighted by atomic mass is 9.94. The third-order valence-corrected chi connectivity index (χ3v) is 12.5. The van der Waals surface area contributed by atoms with E-state index in [-0.39, 0.29) is 0 Å². The molecule has 0 aliphatic rings. The molecular formula is C56H38N4O. The Labute approximate surface area is 353 Å². The van der Waals surface area contributed by atoms with Gasteiger partial charge in [0.1, 0.15) is 17.9 Å². The van der Waals surface area contributed by atoms with E-state index in [0.717, 1.165) is 105 Å². The van der Waals surface area contributed by atoms with E-state index in [1.807, 2.05) is 12.1 Å². The van der Waals surface area contributed by atoms with Gasteiger partial charge in [0.15, 0.2) is 0 Å². The highest BCUT2D eigenvalue weighted by atomic mass is 16.5. The van der Waals surface area contributed by atoms with Crippen LogP contribution in [0.1, 0.15) is 27.8 Å². The summed E-state index contributed by atoms with van der Waals surface area (Å²) in [6.45, 7) is 6.30. The second kappa shape index (κ2) is 13.7. The van der Waals surface area contributed by atoms with Crippen LogP contribution >= 0.6 is 0 Å². The van der Waals surface area contributed by atoms with E-state index in [2.05, 4.69) is 188 Å². The SMILES string of the molecule is COc1ccc(N(c2ccc(C)cc2)c2ccc3c4c(C#N)c5c6ccc(N(c7ccc(C)cc7)c7ccc(C)cc7)c7cccc(c5c(C#N)c4c4cccc2c43)c76)cc1. The van der Waals surface area contributed by atoms with Crippen LogP contribution in [0.2, 0.25) is 0 Å².